The van der Waals surface area contributed by atoms with E-state index in [4.69, 9.17) is 73.8 Å². The summed E-state index contributed by atoms with van der Waals surface area (Å²) in [7, 11) is -8.03. The van der Waals surface area contributed by atoms with Crippen molar-refractivity contribution in [3.05, 3.63) is 49.9 Å². The third-order valence-corrected chi connectivity index (χ3v) is 9.39. The van der Waals surface area contributed by atoms with Crippen molar-refractivity contribution in [1.82, 2.24) is 19.9 Å². The van der Waals surface area contributed by atoms with Gasteiger partial charge in [0.1, 0.15) is 36.4 Å². The molecule has 0 aromatic carbocycles. The van der Waals surface area contributed by atoms with Crippen LogP contribution in [0, 0.1) is 18.8 Å². The third-order valence-electron chi connectivity index (χ3n) is 9.39. The number of aliphatic carboxylic acids is 1. The molecule has 6 N–H and O–H groups in total. The Bertz CT molecular complexity index is 1880. The summed E-state index contributed by atoms with van der Waals surface area (Å²) in [5, 5.41) is 60.9. The molecule has 5 rings (SSSR count). The Balaban J connectivity index is 0.00000322. The van der Waals surface area contributed by atoms with Crippen LogP contribution in [-0.2, 0) is 86.4 Å². The fourth-order valence-electron chi connectivity index (χ4n) is 6.51. The summed E-state index contributed by atoms with van der Waals surface area (Å²) in [6, 6.07) is -1.59. The second-order valence-corrected chi connectivity index (χ2v) is 14.8. The average Bonchev–Trinajstić information content (AvgIpc) is 3.89. The number of carboxylic acid groups (broad SMARTS) is 1. The van der Waals surface area contributed by atoms with Gasteiger partial charge in [0, 0.05) is 0 Å². The molecule has 0 radical (unpaired) electrons. The maximum atomic E-state index is 12.8. The maximum Gasteiger partial charge on any atom is 1.00 e. The standard InChI is InChI=1S/C33H47N5O16.3Na.H2O4S.O3S/c1-4-18-20-21(19(5-2)52-18)30(44)38(29(20)43)7-9-48-10-11-49-15-17-14-37(36-35-17)6-8-47-12-13-50-33-26(42)25(41)27(28(54-33)31(45)46)53-32-22(34)24(40)23(39)16(3)51-32;;;;1-5(2,3)4;1-4(2)3/h4-5,14,16,18-28,32-34,39-42H,1-3,6-13,15H2,(H,45,46);;;;(H2,1,2,3,4);/q-2;3*+1;;/p-2/t16?,18-,19+,20+,21-,22?,23-,24-,25-,26?,27+,28?,32-,33-;;;;;/m1...../s1. The first-order chi connectivity index (χ1) is 29.6. The molecule has 4 unspecified atom stereocenters. The van der Waals surface area contributed by atoms with Gasteiger partial charge in [0.2, 0.25) is 22.2 Å². The fourth-order valence-corrected chi connectivity index (χ4v) is 6.51. The predicted octanol–water partition coefficient (Wildman–Crippen LogP) is -15.1. The van der Waals surface area contributed by atoms with Crippen LogP contribution in [0.3, 0.4) is 0 Å². The Hall–Kier alpha value is -0.800. The molecular formula is C33H47N5Na3O23S2-. The van der Waals surface area contributed by atoms with Crippen molar-refractivity contribution in [2.45, 2.75) is 86.7 Å². The summed E-state index contributed by atoms with van der Waals surface area (Å²) in [5.41, 5.74) is 8.55. The molecule has 4 saturated heterocycles. The Morgan fingerprint density at radius 1 is 0.848 bits per heavy atom. The van der Waals surface area contributed by atoms with Crippen LogP contribution in [-0.4, -0.2) is 208 Å². The molecule has 14 atom stereocenters. The number of ether oxygens (including phenoxy) is 8. The van der Waals surface area contributed by atoms with E-state index in [-0.39, 0.29) is 153 Å². The summed E-state index contributed by atoms with van der Waals surface area (Å²) in [6.07, 6.45) is -11.3. The van der Waals surface area contributed by atoms with E-state index in [1.807, 2.05) is 0 Å². The number of hydrogen-bond acceptors (Lipinski definition) is 24. The van der Waals surface area contributed by atoms with E-state index in [9.17, 15) is 39.9 Å². The number of nitrogens with one attached hydrogen (secondary N) is 1. The molecule has 4 fully saturated rings. The largest absolute Gasteiger partial charge is 1.00 e. The van der Waals surface area contributed by atoms with Gasteiger partial charge in [-0.2, -0.15) is 0 Å². The number of carbonyl (C=O) groups is 3. The number of rotatable bonds is 20. The fraction of sp³-hybridized carbons (Fsp3) is 0.697. The Kier molecular flexibility index (Phi) is 31.1. The topological polar surface area (TPSA) is 415 Å². The van der Waals surface area contributed by atoms with Crippen LogP contribution in [0.2, 0.25) is 0 Å². The second-order valence-electron chi connectivity index (χ2n) is 13.5. The van der Waals surface area contributed by atoms with E-state index < -0.39 is 112 Å². The van der Waals surface area contributed by atoms with E-state index in [1.54, 1.807) is 6.20 Å². The molecule has 2 amide bonds. The van der Waals surface area contributed by atoms with Crippen LogP contribution in [0.1, 0.15) is 5.69 Å². The van der Waals surface area contributed by atoms with Crippen LogP contribution in [0.4, 0.5) is 0 Å². The van der Waals surface area contributed by atoms with Gasteiger partial charge >= 0.3 is 99.3 Å². The monoisotopic (exact) mass is 1010 g/mol. The van der Waals surface area contributed by atoms with Gasteiger partial charge in [-0.3, -0.25) is 19.0 Å². The normalized spacial score (nSPS) is 31.3. The molecule has 66 heavy (non-hydrogen) atoms. The Morgan fingerprint density at radius 3 is 1.89 bits per heavy atom. The third kappa shape index (κ3) is 19.8. The Labute approximate surface area is 445 Å². The average molecular weight is 1010 g/mol. The number of aliphatic hydroxyl groups is 4. The molecule has 358 valence electrons. The van der Waals surface area contributed by atoms with Crippen LogP contribution in [0.15, 0.2) is 31.5 Å². The zero-order chi connectivity index (χ0) is 47.2. The van der Waals surface area contributed by atoms with Crippen molar-refractivity contribution in [2.75, 3.05) is 46.2 Å². The number of carboxylic acids is 1. The summed E-state index contributed by atoms with van der Waals surface area (Å²) in [6.45, 7) is 12.1. The van der Waals surface area contributed by atoms with Gasteiger partial charge in [-0.15, -0.1) is 30.9 Å². The zero-order valence-electron chi connectivity index (χ0n) is 36.0. The van der Waals surface area contributed by atoms with Crippen LogP contribution >= 0.6 is 0 Å². The summed E-state index contributed by atoms with van der Waals surface area (Å²) in [5.74, 6) is -3.62. The van der Waals surface area contributed by atoms with Crippen molar-refractivity contribution in [2.24, 2.45) is 11.8 Å². The van der Waals surface area contributed by atoms with E-state index >= 15 is 0 Å². The quantitative estimate of drug-likeness (QED) is 0.0154. The van der Waals surface area contributed by atoms with Gasteiger partial charge in [0.15, 0.2) is 6.29 Å². The van der Waals surface area contributed by atoms with Crippen LogP contribution in [0.5, 0.6) is 0 Å². The van der Waals surface area contributed by atoms with Crippen LogP contribution < -0.4 is 93.8 Å². The second kappa shape index (κ2) is 31.5. The minimum atomic E-state index is -4.92. The summed E-state index contributed by atoms with van der Waals surface area (Å²) in [4.78, 5) is 38.7. The smallest absolute Gasteiger partial charge is 0.726 e. The number of hydrogen-bond donors (Lipinski definition) is 5. The van der Waals surface area contributed by atoms with Crippen molar-refractivity contribution < 1.29 is 197 Å². The summed E-state index contributed by atoms with van der Waals surface area (Å²) >= 11 is 0. The molecular weight excluding hydrogens is 967 g/mol. The van der Waals surface area contributed by atoms with Gasteiger partial charge in [-0.05, 0) is 6.10 Å². The summed E-state index contributed by atoms with van der Waals surface area (Å²) < 4.78 is 103. The number of aliphatic hydroxyl groups excluding tert-OH is 4. The number of aromatic nitrogens is 3. The molecule has 0 bridgehead atoms. The van der Waals surface area contributed by atoms with Gasteiger partial charge in [-0.1, -0.05) is 23.4 Å². The van der Waals surface area contributed by atoms with E-state index in [0.717, 1.165) is 0 Å². The number of fused-ring (bicyclic) bond motifs is 1. The van der Waals surface area contributed by atoms with Gasteiger partial charge < -0.3 is 85.4 Å². The van der Waals surface area contributed by atoms with E-state index in [0.29, 0.717) is 12.2 Å². The molecule has 0 saturated carbocycles. The first-order valence-electron chi connectivity index (χ1n) is 18.5. The van der Waals surface area contributed by atoms with E-state index in [2.05, 4.69) is 30.4 Å². The van der Waals surface area contributed by atoms with Crippen molar-refractivity contribution in [1.29, 1.82) is 0 Å². The van der Waals surface area contributed by atoms with Crippen molar-refractivity contribution >= 4 is 38.8 Å². The molecule has 0 spiro atoms. The molecule has 4 aliphatic heterocycles. The zero-order valence-corrected chi connectivity index (χ0v) is 43.6. The minimum Gasteiger partial charge on any atom is -0.726 e. The molecule has 1 aromatic rings. The minimum absolute atomic E-state index is 0. The van der Waals surface area contributed by atoms with Crippen molar-refractivity contribution in [3.8, 4) is 0 Å². The number of nitrogens with zero attached hydrogens (tertiary/aromatic N) is 4. The number of likely N-dealkylation sites (tertiary alicyclic amines) is 1. The molecule has 1 aromatic heterocycles. The van der Waals surface area contributed by atoms with E-state index in [1.165, 1.54) is 21.7 Å². The maximum absolute atomic E-state index is 12.8. The van der Waals surface area contributed by atoms with Crippen molar-refractivity contribution in [3.63, 3.8) is 0 Å². The molecule has 5 heterocycles. The van der Waals surface area contributed by atoms with Gasteiger partial charge in [0.25, 0.3) is 0 Å². The first kappa shape index (κ1) is 65.2. The number of imide groups is 1. The first-order valence-corrected chi connectivity index (χ1v) is 20.9. The molecule has 0 aliphatic carbocycles. The molecule has 4 aliphatic rings. The number of carbonyl (C=O) groups excluding carboxylic acids is 3. The van der Waals surface area contributed by atoms with Gasteiger partial charge in [-0.25, -0.2) is 13.1 Å². The van der Waals surface area contributed by atoms with Crippen LogP contribution in [0.25, 0.3) is 5.73 Å². The van der Waals surface area contributed by atoms with Gasteiger partial charge in [0.05, 0.1) is 108 Å². The Morgan fingerprint density at radius 2 is 1.36 bits per heavy atom. The predicted molar refractivity (Wildman–Crippen MR) is 197 cm³/mol. The SMILES string of the molecule is C=C[C@@H]1O[C@H](C=C)[C@@H]2C(=O)N(CCOCCOCc3cn(CCOCCO[C@@H]4OC(C(=O)[O-])[C@@H](O[C@H]5OC([CH2-])[C@@H](O)[C@H](O)C5[NH-])[C@H](O)C4O)nn3)C(=O)[C@@H]21.O=S(=O)([O-])O.O=S(=O)=O.[Na+].[Na+].[Na+]. The molecule has 28 nitrogen and oxygen atoms in total. The molecule has 33 heteroatoms. The number of amides is 2.